The van der Waals surface area contributed by atoms with Gasteiger partial charge in [-0.3, -0.25) is 9.59 Å². The molecule has 3 saturated heterocycles. The second kappa shape index (κ2) is 7.37. The predicted octanol–water partition coefficient (Wildman–Crippen LogP) is 3.80. The van der Waals surface area contributed by atoms with Gasteiger partial charge >= 0.3 is 0 Å². The Hall–Kier alpha value is -2.87. The van der Waals surface area contributed by atoms with Crippen molar-refractivity contribution in [2.24, 2.45) is 0 Å². The van der Waals surface area contributed by atoms with Crippen LogP contribution in [0.25, 0.3) is 0 Å². The zero-order valence-corrected chi connectivity index (χ0v) is 16.7. The number of carbonyl (C=O) groups is 2. The first kappa shape index (κ1) is 20.1. The standard InChI is InChI=1S/C23H21F3N2O3/c24-16-3-1-2-14(10-16)21(29)27-8-6-23(7-9-27)22(30)28-19(4-5-20(28)31-23)15-11-17(25)13-18(26)12-15/h1-3,10-13,19-20H,4-9H2/t19-,20+/m0/s1. The number of carbonyl (C=O) groups excluding carboxylic acids is 2. The molecule has 2 atom stereocenters. The highest BCUT2D eigenvalue weighted by Crippen LogP contribution is 2.47. The molecule has 3 fully saturated rings. The molecule has 0 radical (unpaired) electrons. The molecule has 162 valence electrons. The molecule has 8 heteroatoms. The smallest absolute Gasteiger partial charge is 0.257 e. The van der Waals surface area contributed by atoms with Gasteiger partial charge in [0.25, 0.3) is 11.8 Å². The highest BCUT2D eigenvalue weighted by atomic mass is 19.1. The Morgan fingerprint density at radius 3 is 2.35 bits per heavy atom. The van der Waals surface area contributed by atoms with E-state index in [4.69, 9.17) is 4.74 Å². The summed E-state index contributed by atoms with van der Waals surface area (Å²) in [5, 5.41) is 0. The normalized spacial score (nSPS) is 24.7. The van der Waals surface area contributed by atoms with Crippen LogP contribution in [0.2, 0.25) is 0 Å². The van der Waals surface area contributed by atoms with Crippen molar-refractivity contribution in [2.45, 2.75) is 43.6 Å². The number of fused-ring (bicyclic) bond motifs is 1. The van der Waals surface area contributed by atoms with Crippen LogP contribution in [0.3, 0.4) is 0 Å². The lowest BCUT2D eigenvalue weighted by Gasteiger charge is -2.37. The van der Waals surface area contributed by atoms with Crippen molar-refractivity contribution < 1.29 is 27.5 Å². The number of rotatable bonds is 2. The van der Waals surface area contributed by atoms with E-state index in [0.29, 0.717) is 44.3 Å². The van der Waals surface area contributed by atoms with Gasteiger partial charge < -0.3 is 14.5 Å². The van der Waals surface area contributed by atoms with E-state index in [0.717, 1.165) is 6.07 Å². The minimum absolute atomic E-state index is 0.192. The fourth-order valence-corrected chi connectivity index (χ4v) is 5.02. The number of amides is 2. The van der Waals surface area contributed by atoms with Crippen LogP contribution in [-0.4, -0.2) is 46.5 Å². The molecule has 1 spiro atoms. The Morgan fingerprint density at radius 1 is 0.968 bits per heavy atom. The summed E-state index contributed by atoms with van der Waals surface area (Å²) in [6.45, 7) is 0.613. The Labute approximate surface area is 177 Å². The lowest BCUT2D eigenvalue weighted by atomic mass is 9.89. The molecule has 31 heavy (non-hydrogen) atoms. The maximum absolute atomic E-state index is 13.7. The number of benzene rings is 2. The van der Waals surface area contributed by atoms with Crippen LogP contribution in [-0.2, 0) is 9.53 Å². The third kappa shape index (κ3) is 3.39. The molecule has 0 saturated carbocycles. The lowest BCUT2D eigenvalue weighted by molar-refractivity contribution is -0.142. The van der Waals surface area contributed by atoms with E-state index in [1.54, 1.807) is 15.9 Å². The van der Waals surface area contributed by atoms with Gasteiger partial charge in [-0.1, -0.05) is 6.07 Å². The maximum Gasteiger partial charge on any atom is 0.257 e. The monoisotopic (exact) mass is 430 g/mol. The summed E-state index contributed by atoms with van der Waals surface area (Å²) in [5.41, 5.74) is -0.343. The van der Waals surface area contributed by atoms with E-state index in [9.17, 15) is 22.8 Å². The Balaban J connectivity index is 1.32. The van der Waals surface area contributed by atoms with Crippen molar-refractivity contribution in [1.29, 1.82) is 0 Å². The lowest BCUT2D eigenvalue weighted by Crippen LogP contribution is -2.51. The number of likely N-dealkylation sites (tertiary alicyclic amines) is 1. The number of hydrogen-bond donors (Lipinski definition) is 0. The van der Waals surface area contributed by atoms with E-state index in [1.807, 2.05) is 0 Å². The average Bonchev–Trinajstić information content (AvgIpc) is 3.26. The minimum Gasteiger partial charge on any atom is -0.342 e. The first-order chi connectivity index (χ1) is 14.9. The van der Waals surface area contributed by atoms with Crippen LogP contribution in [0.1, 0.15) is 47.6 Å². The molecule has 0 aromatic heterocycles. The second-order valence-electron chi connectivity index (χ2n) is 8.38. The molecule has 3 aliphatic heterocycles. The van der Waals surface area contributed by atoms with Crippen LogP contribution in [0.15, 0.2) is 42.5 Å². The zero-order chi connectivity index (χ0) is 21.8. The van der Waals surface area contributed by atoms with Crippen molar-refractivity contribution in [1.82, 2.24) is 9.80 Å². The summed E-state index contributed by atoms with van der Waals surface area (Å²) in [5.74, 6) is -2.31. The van der Waals surface area contributed by atoms with E-state index >= 15 is 0 Å². The number of nitrogens with zero attached hydrogens (tertiary/aromatic N) is 2. The number of hydrogen-bond acceptors (Lipinski definition) is 3. The molecule has 5 nitrogen and oxygen atoms in total. The molecule has 2 aromatic rings. The van der Waals surface area contributed by atoms with Gasteiger partial charge in [-0.15, -0.1) is 0 Å². The van der Waals surface area contributed by atoms with Crippen molar-refractivity contribution in [3.05, 3.63) is 71.0 Å². The summed E-state index contributed by atoms with van der Waals surface area (Å²) in [6.07, 6.45) is 1.37. The molecule has 0 bridgehead atoms. The zero-order valence-electron chi connectivity index (χ0n) is 16.7. The topological polar surface area (TPSA) is 49.9 Å². The molecule has 0 aliphatic carbocycles. The predicted molar refractivity (Wildman–Crippen MR) is 104 cm³/mol. The molecular weight excluding hydrogens is 409 g/mol. The van der Waals surface area contributed by atoms with Gasteiger partial charge in [-0.2, -0.15) is 0 Å². The third-order valence-corrected chi connectivity index (χ3v) is 6.52. The van der Waals surface area contributed by atoms with Crippen LogP contribution >= 0.6 is 0 Å². The molecule has 2 aromatic carbocycles. The second-order valence-corrected chi connectivity index (χ2v) is 8.38. The van der Waals surface area contributed by atoms with Crippen LogP contribution in [0.4, 0.5) is 13.2 Å². The average molecular weight is 430 g/mol. The Kier molecular flexibility index (Phi) is 4.77. The third-order valence-electron chi connectivity index (χ3n) is 6.52. The van der Waals surface area contributed by atoms with Gasteiger partial charge in [-0.25, -0.2) is 13.2 Å². The van der Waals surface area contributed by atoms with Crippen molar-refractivity contribution in [3.8, 4) is 0 Å². The summed E-state index contributed by atoms with van der Waals surface area (Å²) >= 11 is 0. The highest BCUT2D eigenvalue weighted by Gasteiger charge is 2.58. The van der Waals surface area contributed by atoms with Crippen LogP contribution in [0.5, 0.6) is 0 Å². The number of ether oxygens (including phenoxy) is 1. The van der Waals surface area contributed by atoms with Crippen LogP contribution in [0, 0.1) is 17.5 Å². The van der Waals surface area contributed by atoms with E-state index < -0.39 is 35.3 Å². The molecule has 5 rings (SSSR count). The van der Waals surface area contributed by atoms with Gasteiger partial charge in [0.15, 0.2) is 5.60 Å². The Bertz CT molecular complexity index is 1030. The highest BCUT2D eigenvalue weighted by molar-refractivity contribution is 5.95. The van der Waals surface area contributed by atoms with Crippen molar-refractivity contribution in [3.63, 3.8) is 0 Å². The van der Waals surface area contributed by atoms with Crippen molar-refractivity contribution in [2.75, 3.05) is 13.1 Å². The first-order valence-corrected chi connectivity index (χ1v) is 10.4. The molecule has 2 amide bonds. The van der Waals surface area contributed by atoms with E-state index in [1.165, 1.54) is 30.3 Å². The van der Waals surface area contributed by atoms with Gasteiger partial charge in [0.1, 0.15) is 23.7 Å². The molecular formula is C23H21F3N2O3. The fraction of sp³-hybridized carbons (Fsp3) is 0.391. The number of halogens is 3. The van der Waals surface area contributed by atoms with Gasteiger partial charge in [0, 0.05) is 37.6 Å². The fourth-order valence-electron chi connectivity index (χ4n) is 5.02. The molecule has 0 N–H and O–H groups in total. The first-order valence-electron chi connectivity index (χ1n) is 10.4. The largest absolute Gasteiger partial charge is 0.342 e. The Morgan fingerprint density at radius 2 is 1.68 bits per heavy atom. The van der Waals surface area contributed by atoms with Gasteiger partial charge in [0.05, 0.1) is 6.04 Å². The molecule has 0 unspecified atom stereocenters. The van der Waals surface area contributed by atoms with E-state index in [2.05, 4.69) is 0 Å². The number of piperidine rings is 1. The SMILES string of the molecule is O=C(c1cccc(F)c1)N1CCC2(CC1)O[C@@H]1CC[C@@H](c3cc(F)cc(F)c3)N1C2=O. The van der Waals surface area contributed by atoms with E-state index in [-0.39, 0.29) is 17.4 Å². The summed E-state index contributed by atoms with van der Waals surface area (Å²) in [6, 6.07) is 8.42. The molecule has 3 heterocycles. The van der Waals surface area contributed by atoms with Gasteiger partial charge in [-0.05, 0) is 48.7 Å². The summed E-state index contributed by atoms with van der Waals surface area (Å²) in [7, 11) is 0. The summed E-state index contributed by atoms with van der Waals surface area (Å²) < 4.78 is 47.1. The van der Waals surface area contributed by atoms with Crippen molar-refractivity contribution >= 4 is 11.8 Å². The summed E-state index contributed by atoms with van der Waals surface area (Å²) in [4.78, 5) is 29.3. The van der Waals surface area contributed by atoms with Crippen LogP contribution < -0.4 is 0 Å². The molecule has 3 aliphatic rings. The van der Waals surface area contributed by atoms with Gasteiger partial charge in [0.2, 0.25) is 0 Å². The minimum atomic E-state index is -1.03. The quantitative estimate of drug-likeness (QED) is 0.728. The maximum atomic E-state index is 13.7.